The molecule has 3 aromatic rings. The SMILES string of the molecule is Cc1nn2c(C#N)c(-c3ccc(Cl)cc3)nc2s1. The van der Waals surface area contributed by atoms with Crippen molar-refractivity contribution in [1.29, 1.82) is 5.26 Å². The molecule has 0 saturated carbocycles. The second-order valence-electron chi connectivity index (χ2n) is 3.74. The highest BCUT2D eigenvalue weighted by Crippen LogP contribution is 2.27. The predicted molar refractivity (Wildman–Crippen MR) is 70.8 cm³/mol. The van der Waals surface area contributed by atoms with E-state index in [1.54, 1.807) is 16.6 Å². The number of hydrogen-bond acceptors (Lipinski definition) is 4. The molecule has 4 nitrogen and oxygen atoms in total. The van der Waals surface area contributed by atoms with Crippen molar-refractivity contribution >= 4 is 27.9 Å². The van der Waals surface area contributed by atoms with E-state index in [-0.39, 0.29) is 0 Å². The number of nitriles is 1. The largest absolute Gasteiger partial charge is 0.216 e. The zero-order chi connectivity index (χ0) is 12.7. The molecule has 0 saturated heterocycles. The van der Waals surface area contributed by atoms with E-state index >= 15 is 0 Å². The summed E-state index contributed by atoms with van der Waals surface area (Å²) in [5.74, 6) is 0. The zero-order valence-electron chi connectivity index (χ0n) is 9.38. The van der Waals surface area contributed by atoms with E-state index < -0.39 is 0 Å². The van der Waals surface area contributed by atoms with Gasteiger partial charge in [0.15, 0.2) is 5.69 Å². The van der Waals surface area contributed by atoms with Gasteiger partial charge in [-0.25, -0.2) is 4.98 Å². The third-order valence-corrected chi connectivity index (χ3v) is 3.60. The van der Waals surface area contributed by atoms with Gasteiger partial charge >= 0.3 is 0 Å². The van der Waals surface area contributed by atoms with Gasteiger partial charge in [-0.2, -0.15) is 14.9 Å². The fourth-order valence-corrected chi connectivity index (χ4v) is 2.62. The van der Waals surface area contributed by atoms with E-state index in [2.05, 4.69) is 16.2 Å². The Kier molecular flexibility index (Phi) is 2.54. The van der Waals surface area contributed by atoms with Crippen LogP contribution in [0.5, 0.6) is 0 Å². The summed E-state index contributed by atoms with van der Waals surface area (Å²) < 4.78 is 1.59. The molecule has 1 aromatic carbocycles. The fourth-order valence-electron chi connectivity index (χ4n) is 1.75. The van der Waals surface area contributed by atoms with Crippen LogP contribution in [-0.2, 0) is 0 Å². The molecule has 0 aliphatic carbocycles. The Morgan fingerprint density at radius 1 is 1.33 bits per heavy atom. The summed E-state index contributed by atoms with van der Waals surface area (Å²) in [4.78, 5) is 5.19. The van der Waals surface area contributed by atoms with Gasteiger partial charge in [-0.15, -0.1) is 0 Å². The highest BCUT2D eigenvalue weighted by atomic mass is 35.5. The Labute approximate surface area is 112 Å². The topological polar surface area (TPSA) is 54.0 Å². The molecule has 0 radical (unpaired) electrons. The van der Waals surface area contributed by atoms with Gasteiger partial charge in [-0.3, -0.25) is 0 Å². The third-order valence-electron chi connectivity index (χ3n) is 2.53. The Morgan fingerprint density at radius 3 is 2.72 bits per heavy atom. The Morgan fingerprint density at radius 2 is 2.06 bits per heavy atom. The van der Waals surface area contributed by atoms with Crippen molar-refractivity contribution in [1.82, 2.24) is 14.6 Å². The molecule has 2 aromatic heterocycles. The minimum atomic E-state index is 0.455. The van der Waals surface area contributed by atoms with E-state index in [1.165, 1.54) is 11.3 Å². The maximum absolute atomic E-state index is 9.26. The average molecular weight is 275 g/mol. The number of halogens is 1. The first kappa shape index (κ1) is 11.2. The van der Waals surface area contributed by atoms with Crippen LogP contribution in [0.3, 0.4) is 0 Å². The van der Waals surface area contributed by atoms with Gasteiger partial charge in [0.25, 0.3) is 0 Å². The highest BCUT2D eigenvalue weighted by Gasteiger charge is 2.16. The lowest BCUT2D eigenvalue weighted by Gasteiger charge is -1.97. The van der Waals surface area contributed by atoms with Crippen molar-refractivity contribution < 1.29 is 0 Å². The molecule has 0 bridgehead atoms. The van der Waals surface area contributed by atoms with E-state index in [9.17, 15) is 5.26 Å². The molecule has 88 valence electrons. The van der Waals surface area contributed by atoms with Gasteiger partial charge < -0.3 is 0 Å². The number of hydrogen-bond donors (Lipinski definition) is 0. The number of fused-ring (bicyclic) bond motifs is 1. The molecule has 2 heterocycles. The number of aromatic nitrogens is 3. The van der Waals surface area contributed by atoms with E-state index in [1.807, 2.05) is 19.1 Å². The van der Waals surface area contributed by atoms with Gasteiger partial charge in [0, 0.05) is 10.6 Å². The fraction of sp³-hybridized carbons (Fsp3) is 0.0833. The number of aryl methyl sites for hydroxylation is 1. The van der Waals surface area contributed by atoms with Gasteiger partial charge in [-0.05, 0) is 19.1 Å². The maximum Gasteiger partial charge on any atom is 0.213 e. The van der Waals surface area contributed by atoms with Crippen LogP contribution < -0.4 is 0 Å². The normalized spacial score (nSPS) is 10.7. The molecule has 0 aliphatic heterocycles. The van der Waals surface area contributed by atoms with Gasteiger partial charge in [0.2, 0.25) is 4.96 Å². The zero-order valence-corrected chi connectivity index (χ0v) is 11.0. The summed E-state index contributed by atoms with van der Waals surface area (Å²) in [6, 6.07) is 9.42. The van der Waals surface area contributed by atoms with Crippen LogP contribution >= 0.6 is 22.9 Å². The molecule has 0 spiro atoms. The molecular formula is C12H7ClN4S. The number of benzene rings is 1. The molecule has 0 fully saturated rings. The molecule has 0 amide bonds. The van der Waals surface area contributed by atoms with Crippen molar-refractivity contribution in [2.24, 2.45) is 0 Å². The molecule has 0 aliphatic rings. The van der Waals surface area contributed by atoms with Gasteiger partial charge in [0.1, 0.15) is 16.8 Å². The Bertz CT molecular complexity index is 764. The molecular weight excluding hydrogens is 268 g/mol. The quantitative estimate of drug-likeness (QED) is 0.684. The molecule has 0 unspecified atom stereocenters. The number of rotatable bonds is 1. The van der Waals surface area contributed by atoms with Crippen LogP contribution in [0.4, 0.5) is 0 Å². The molecule has 0 N–H and O–H groups in total. The minimum absolute atomic E-state index is 0.455. The lowest BCUT2D eigenvalue weighted by molar-refractivity contribution is 0.931. The molecule has 18 heavy (non-hydrogen) atoms. The van der Waals surface area contributed by atoms with Gasteiger partial charge in [-0.1, -0.05) is 35.1 Å². The minimum Gasteiger partial charge on any atom is -0.216 e. The van der Waals surface area contributed by atoms with Crippen LogP contribution in [0.15, 0.2) is 24.3 Å². The Balaban J connectivity index is 2.26. The van der Waals surface area contributed by atoms with Gasteiger partial charge in [0.05, 0.1) is 0 Å². The Hall–Kier alpha value is -1.90. The second-order valence-corrected chi connectivity index (χ2v) is 5.34. The maximum atomic E-state index is 9.26. The van der Waals surface area contributed by atoms with Crippen LogP contribution in [-0.4, -0.2) is 14.6 Å². The van der Waals surface area contributed by atoms with Crippen LogP contribution in [0.25, 0.3) is 16.2 Å². The first-order valence-electron chi connectivity index (χ1n) is 5.21. The predicted octanol–water partition coefficient (Wildman–Crippen LogP) is 3.29. The lowest BCUT2D eigenvalue weighted by atomic mass is 10.1. The summed E-state index contributed by atoms with van der Waals surface area (Å²) in [6.07, 6.45) is 0. The average Bonchev–Trinajstić information content (AvgIpc) is 2.85. The molecule has 0 atom stereocenters. The number of imidazole rings is 1. The van der Waals surface area contributed by atoms with Crippen molar-refractivity contribution in [3.8, 4) is 17.3 Å². The lowest BCUT2D eigenvalue weighted by Crippen LogP contribution is -1.90. The summed E-state index contributed by atoms with van der Waals surface area (Å²) in [5, 5.41) is 15.1. The first-order chi connectivity index (χ1) is 8.69. The molecule has 6 heteroatoms. The van der Waals surface area contributed by atoms with Crippen LogP contribution in [0.1, 0.15) is 10.7 Å². The van der Waals surface area contributed by atoms with Crippen molar-refractivity contribution in [3.05, 3.63) is 40.0 Å². The summed E-state index contributed by atoms with van der Waals surface area (Å²) in [6.45, 7) is 1.89. The summed E-state index contributed by atoms with van der Waals surface area (Å²) in [7, 11) is 0. The third kappa shape index (κ3) is 1.67. The monoisotopic (exact) mass is 274 g/mol. The van der Waals surface area contributed by atoms with E-state index in [0.29, 0.717) is 16.4 Å². The van der Waals surface area contributed by atoms with Crippen LogP contribution in [0, 0.1) is 18.3 Å². The van der Waals surface area contributed by atoms with Crippen LogP contribution in [0.2, 0.25) is 5.02 Å². The second kappa shape index (κ2) is 4.09. The smallest absolute Gasteiger partial charge is 0.213 e. The van der Waals surface area contributed by atoms with Crippen molar-refractivity contribution in [2.75, 3.05) is 0 Å². The summed E-state index contributed by atoms with van der Waals surface area (Å²) in [5.41, 5.74) is 1.97. The highest BCUT2D eigenvalue weighted by molar-refractivity contribution is 7.16. The van der Waals surface area contributed by atoms with Crippen molar-refractivity contribution in [2.45, 2.75) is 6.92 Å². The van der Waals surface area contributed by atoms with Crippen molar-refractivity contribution in [3.63, 3.8) is 0 Å². The first-order valence-corrected chi connectivity index (χ1v) is 6.40. The summed E-state index contributed by atoms with van der Waals surface area (Å²) >= 11 is 7.31. The number of nitrogens with zero attached hydrogens (tertiary/aromatic N) is 4. The van der Waals surface area contributed by atoms with E-state index in [0.717, 1.165) is 15.5 Å². The van der Waals surface area contributed by atoms with E-state index in [4.69, 9.17) is 11.6 Å². The molecule has 3 rings (SSSR count). The standard InChI is InChI=1S/C12H7ClN4S/c1-7-16-17-10(6-14)11(15-12(17)18-7)8-2-4-9(13)5-3-8/h2-5H,1H3.